The molecule has 2 aliphatic rings. The van der Waals surface area contributed by atoms with Crippen LogP contribution in [0.15, 0.2) is 0 Å². The van der Waals surface area contributed by atoms with Gasteiger partial charge in [-0.05, 0) is 57.5 Å². The van der Waals surface area contributed by atoms with Crippen molar-refractivity contribution in [3.05, 3.63) is 0 Å². The highest BCUT2D eigenvalue weighted by Gasteiger charge is 2.18. The molecule has 0 bridgehead atoms. The minimum atomic E-state index is 0.384. The van der Waals surface area contributed by atoms with Crippen LogP contribution in [-0.2, 0) is 9.53 Å². The number of nitrogens with zero attached hydrogens (tertiary/aromatic N) is 1. The number of piperidine rings is 2. The summed E-state index contributed by atoms with van der Waals surface area (Å²) in [7, 11) is 0. The Balaban J connectivity index is 1.49. The predicted octanol–water partition coefficient (Wildman–Crippen LogP) is 1.40. The van der Waals surface area contributed by atoms with Gasteiger partial charge in [-0.1, -0.05) is 0 Å². The predicted molar refractivity (Wildman–Crippen MR) is 71.4 cm³/mol. The first-order valence-corrected chi connectivity index (χ1v) is 7.40. The Bertz CT molecular complexity index is 234. The lowest BCUT2D eigenvalue weighted by Gasteiger charge is -2.29. The summed E-state index contributed by atoms with van der Waals surface area (Å²) in [6, 6.07) is 0. The van der Waals surface area contributed by atoms with Crippen molar-refractivity contribution in [1.82, 2.24) is 10.2 Å². The van der Waals surface area contributed by atoms with Gasteiger partial charge in [0, 0.05) is 19.7 Å². The van der Waals surface area contributed by atoms with Gasteiger partial charge < -0.3 is 15.0 Å². The van der Waals surface area contributed by atoms with Crippen molar-refractivity contribution in [3.63, 3.8) is 0 Å². The molecule has 0 spiro atoms. The fourth-order valence-corrected chi connectivity index (χ4v) is 2.94. The molecule has 2 rings (SSSR count). The summed E-state index contributed by atoms with van der Waals surface area (Å²) in [5.41, 5.74) is 0. The third kappa shape index (κ3) is 4.58. The van der Waals surface area contributed by atoms with E-state index in [-0.39, 0.29) is 0 Å². The lowest BCUT2D eigenvalue weighted by molar-refractivity contribution is -0.120. The number of rotatable bonds is 6. The topological polar surface area (TPSA) is 41.6 Å². The molecule has 2 saturated heterocycles. The zero-order valence-corrected chi connectivity index (χ0v) is 11.3. The average Bonchev–Trinajstić information content (AvgIpc) is 2.45. The molecule has 2 aliphatic heterocycles. The summed E-state index contributed by atoms with van der Waals surface area (Å²) < 4.78 is 5.91. The highest BCUT2D eigenvalue weighted by molar-refractivity contribution is 5.47. The second kappa shape index (κ2) is 7.74. The highest BCUT2D eigenvalue weighted by Crippen LogP contribution is 2.18. The second-order valence-corrected chi connectivity index (χ2v) is 5.55. The zero-order chi connectivity index (χ0) is 12.6. The van der Waals surface area contributed by atoms with Crippen LogP contribution in [-0.4, -0.2) is 50.2 Å². The van der Waals surface area contributed by atoms with E-state index in [9.17, 15) is 4.79 Å². The van der Waals surface area contributed by atoms with E-state index in [2.05, 4.69) is 5.32 Å². The minimum Gasteiger partial charge on any atom is -0.378 e. The summed E-state index contributed by atoms with van der Waals surface area (Å²) in [5, 5.41) is 3.40. The van der Waals surface area contributed by atoms with Crippen LogP contribution in [0, 0.1) is 5.92 Å². The van der Waals surface area contributed by atoms with E-state index in [1.807, 2.05) is 4.90 Å². The molecule has 2 heterocycles. The Morgan fingerprint density at radius 2 is 1.89 bits per heavy atom. The lowest BCUT2D eigenvalue weighted by atomic mass is 9.93. The van der Waals surface area contributed by atoms with Crippen LogP contribution in [0.1, 0.15) is 38.5 Å². The van der Waals surface area contributed by atoms with E-state index in [0.29, 0.717) is 6.10 Å². The van der Waals surface area contributed by atoms with E-state index in [0.717, 1.165) is 44.9 Å². The third-order valence-corrected chi connectivity index (χ3v) is 4.19. The summed E-state index contributed by atoms with van der Waals surface area (Å²) in [4.78, 5) is 12.4. The van der Waals surface area contributed by atoms with Gasteiger partial charge in [-0.15, -0.1) is 0 Å². The Hall–Kier alpha value is -0.610. The summed E-state index contributed by atoms with van der Waals surface area (Å²) >= 11 is 0. The van der Waals surface area contributed by atoms with E-state index >= 15 is 0 Å². The van der Waals surface area contributed by atoms with Crippen LogP contribution in [0.3, 0.4) is 0 Å². The molecule has 2 fully saturated rings. The molecule has 4 heteroatoms. The fourth-order valence-electron chi connectivity index (χ4n) is 2.94. The molecular formula is C14H26N2O2. The number of carbonyl (C=O) groups excluding carboxylic acids is 1. The Morgan fingerprint density at radius 3 is 2.56 bits per heavy atom. The molecule has 104 valence electrons. The van der Waals surface area contributed by atoms with Gasteiger partial charge in [0.25, 0.3) is 0 Å². The van der Waals surface area contributed by atoms with Gasteiger partial charge in [-0.3, -0.25) is 4.79 Å². The lowest BCUT2D eigenvalue weighted by Crippen LogP contribution is -2.36. The number of likely N-dealkylation sites (tertiary alicyclic amines) is 1. The van der Waals surface area contributed by atoms with Crippen molar-refractivity contribution in [2.75, 3.05) is 32.8 Å². The average molecular weight is 254 g/mol. The van der Waals surface area contributed by atoms with E-state index in [1.54, 1.807) is 0 Å². The first-order valence-electron chi connectivity index (χ1n) is 7.40. The SMILES string of the molecule is O=CN1CCC(OCCCC2CCNCC2)CC1. The van der Waals surface area contributed by atoms with Crippen molar-refractivity contribution in [2.24, 2.45) is 5.92 Å². The van der Waals surface area contributed by atoms with Gasteiger partial charge in [-0.2, -0.15) is 0 Å². The molecule has 0 unspecified atom stereocenters. The number of amides is 1. The van der Waals surface area contributed by atoms with Crippen molar-refractivity contribution in [3.8, 4) is 0 Å². The van der Waals surface area contributed by atoms with Crippen LogP contribution >= 0.6 is 0 Å². The molecule has 0 aromatic heterocycles. The van der Waals surface area contributed by atoms with Gasteiger partial charge >= 0.3 is 0 Å². The van der Waals surface area contributed by atoms with Crippen molar-refractivity contribution in [2.45, 2.75) is 44.6 Å². The fraction of sp³-hybridized carbons (Fsp3) is 0.929. The number of hydrogen-bond acceptors (Lipinski definition) is 3. The molecule has 0 radical (unpaired) electrons. The quantitative estimate of drug-likeness (QED) is 0.575. The highest BCUT2D eigenvalue weighted by atomic mass is 16.5. The first kappa shape index (κ1) is 13.8. The van der Waals surface area contributed by atoms with Gasteiger partial charge in [0.15, 0.2) is 0 Å². The van der Waals surface area contributed by atoms with Gasteiger partial charge in [0.1, 0.15) is 0 Å². The van der Waals surface area contributed by atoms with Crippen molar-refractivity contribution >= 4 is 6.41 Å². The van der Waals surface area contributed by atoms with Gasteiger partial charge in [-0.25, -0.2) is 0 Å². The minimum absolute atomic E-state index is 0.384. The molecule has 4 nitrogen and oxygen atoms in total. The molecule has 0 aromatic carbocycles. The molecule has 0 atom stereocenters. The van der Waals surface area contributed by atoms with Crippen LogP contribution in [0.25, 0.3) is 0 Å². The third-order valence-electron chi connectivity index (χ3n) is 4.19. The molecule has 0 saturated carbocycles. The maximum absolute atomic E-state index is 10.6. The standard InChI is InChI=1S/C14H26N2O2/c17-12-16-9-5-14(6-10-16)18-11-1-2-13-3-7-15-8-4-13/h12-15H,1-11H2. The summed E-state index contributed by atoms with van der Waals surface area (Å²) in [6.07, 6.45) is 8.52. The van der Waals surface area contributed by atoms with E-state index in [1.165, 1.54) is 38.8 Å². The number of nitrogens with one attached hydrogen (secondary N) is 1. The Kier molecular flexibility index (Phi) is 5.94. The number of hydrogen-bond donors (Lipinski definition) is 1. The smallest absolute Gasteiger partial charge is 0.209 e. The van der Waals surface area contributed by atoms with Gasteiger partial charge in [0.2, 0.25) is 6.41 Å². The van der Waals surface area contributed by atoms with Gasteiger partial charge in [0.05, 0.1) is 6.10 Å². The molecule has 1 amide bonds. The van der Waals surface area contributed by atoms with E-state index < -0.39 is 0 Å². The van der Waals surface area contributed by atoms with Crippen LogP contribution in [0.4, 0.5) is 0 Å². The summed E-state index contributed by atoms with van der Waals surface area (Å²) in [5.74, 6) is 0.909. The Morgan fingerprint density at radius 1 is 1.17 bits per heavy atom. The normalized spacial score (nSPS) is 23.2. The molecule has 1 N–H and O–H groups in total. The van der Waals surface area contributed by atoms with E-state index in [4.69, 9.17) is 4.74 Å². The maximum atomic E-state index is 10.6. The molecule has 0 aliphatic carbocycles. The summed E-state index contributed by atoms with van der Waals surface area (Å²) in [6.45, 7) is 5.01. The first-order chi connectivity index (χ1) is 8.88. The second-order valence-electron chi connectivity index (χ2n) is 5.55. The largest absolute Gasteiger partial charge is 0.378 e. The van der Waals surface area contributed by atoms with Crippen LogP contribution in [0.2, 0.25) is 0 Å². The van der Waals surface area contributed by atoms with Crippen molar-refractivity contribution in [1.29, 1.82) is 0 Å². The number of ether oxygens (including phenoxy) is 1. The van der Waals surface area contributed by atoms with Crippen LogP contribution in [0.5, 0.6) is 0 Å². The van der Waals surface area contributed by atoms with Crippen molar-refractivity contribution < 1.29 is 9.53 Å². The zero-order valence-electron chi connectivity index (χ0n) is 11.3. The van der Waals surface area contributed by atoms with Crippen LogP contribution < -0.4 is 5.32 Å². The molecular weight excluding hydrogens is 228 g/mol. The number of carbonyl (C=O) groups is 1. The molecule has 0 aromatic rings. The monoisotopic (exact) mass is 254 g/mol. The molecule has 18 heavy (non-hydrogen) atoms. The maximum Gasteiger partial charge on any atom is 0.209 e. The Labute approximate surface area is 110 Å².